The van der Waals surface area contributed by atoms with Crippen molar-refractivity contribution in [3.8, 4) is 17.0 Å². The van der Waals surface area contributed by atoms with Crippen molar-refractivity contribution in [1.82, 2.24) is 5.10 Å². The topological polar surface area (TPSA) is 153 Å². The van der Waals surface area contributed by atoms with Crippen molar-refractivity contribution in [2.75, 3.05) is 7.11 Å². The number of aromatic amines is 2. The van der Waals surface area contributed by atoms with Crippen molar-refractivity contribution in [1.29, 1.82) is 0 Å². The van der Waals surface area contributed by atoms with Crippen LogP contribution in [0.15, 0.2) is 36.5 Å². The van der Waals surface area contributed by atoms with Gasteiger partial charge in [0, 0.05) is 32.1 Å². The molecule has 0 unspecified atom stereocenters. The van der Waals surface area contributed by atoms with Gasteiger partial charge in [-0.1, -0.05) is 0 Å². The molecule has 2 N–H and O–H groups in total. The first kappa shape index (κ1) is 25.5. The molecule has 1 aromatic carbocycles. The minimum absolute atomic E-state index is 0. The van der Waals surface area contributed by atoms with E-state index in [1.165, 1.54) is 0 Å². The van der Waals surface area contributed by atoms with Crippen molar-refractivity contribution in [3.05, 3.63) is 36.5 Å². The minimum Gasteiger partial charge on any atom is -2.00 e. The minimum atomic E-state index is 0. The van der Waals surface area contributed by atoms with Gasteiger partial charge in [0.05, 0.1) is 7.11 Å². The fourth-order valence-electron chi connectivity index (χ4n) is 1.23. The van der Waals surface area contributed by atoms with Crippen LogP contribution in [0.3, 0.4) is 0 Å². The number of methoxy groups -OCH3 is 1. The predicted octanol–water partition coefficient (Wildman–Crippen LogP) is 1.03. The van der Waals surface area contributed by atoms with Crippen LogP contribution in [-0.4, -0.2) is 12.2 Å². The summed E-state index contributed by atoms with van der Waals surface area (Å²) < 4.78 is 5.07. The molecule has 0 amide bonds. The maximum absolute atomic E-state index is 5.07. The molecule has 0 saturated heterocycles. The van der Waals surface area contributed by atoms with Crippen molar-refractivity contribution in [2.24, 2.45) is 0 Å². The van der Waals surface area contributed by atoms with Gasteiger partial charge in [-0.25, -0.2) is 0 Å². The van der Waals surface area contributed by atoms with Gasteiger partial charge in [0.2, 0.25) is 0 Å². The van der Waals surface area contributed by atoms with E-state index in [-0.39, 0.29) is 42.3 Å². The molecule has 0 bridgehead atoms. The van der Waals surface area contributed by atoms with Crippen molar-refractivity contribution in [2.45, 2.75) is 0 Å². The number of H-pyrrole nitrogens is 2. The summed E-state index contributed by atoms with van der Waals surface area (Å²) in [6.07, 6.45) is 1.86. The fraction of sp³-hybridized carbons (Fsp3) is 0.100. The monoisotopic (exact) mass is 426 g/mol. The Labute approximate surface area is 118 Å². The standard InChI is InChI=1S/C10H10N2O.4O.Re/c1-13-9-4-2-8(3-5-9)10-6-7-11-12-10;;;;;/h2-7H,1H3,(H,11,12);;;;;/q;4*-2;/p+1. The van der Waals surface area contributed by atoms with Crippen LogP contribution in [0.25, 0.3) is 11.3 Å². The third kappa shape index (κ3) is 5.88. The van der Waals surface area contributed by atoms with Gasteiger partial charge in [-0.15, -0.1) is 5.10 Å². The Balaban J connectivity index is -0.000000196. The molecule has 0 aliphatic heterocycles. The molecule has 0 aliphatic rings. The molecule has 8 heteroatoms. The number of nitrogens with one attached hydrogen (secondary N) is 2. The van der Waals surface area contributed by atoms with E-state index in [4.69, 9.17) is 4.74 Å². The third-order valence-corrected chi connectivity index (χ3v) is 1.94. The summed E-state index contributed by atoms with van der Waals surface area (Å²) in [6, 6.07) is 9.89. The van der Waals surface area contributed by atoms with E-state index in [2.05, 4.69) is 10.2 Å². The Morgan fingerprint density at radius 1 is 0.944 bits per heavy atom. The van der Waals surface area contributed by atoms with Crippen LogP contribution >= 0.6 is 0 Å². The molecule has 2 rings (SSSR count). The third-order valence-electron chi connectivity index (χ3n) is 1.94. The van der Waals surface area contributed by atoms with Crippen LogP contribution in [-0.2, 0) is 42.3 Å². The molecule has 1 radical (unpaired) electrons. The zero-order valence-corrected chi connectivity index (χ0v) is 12.1. The number of benzene rings is 1. The summed E-state index contributed by atoms with van der Waals surface area (Å²) in [5, 5.41) is 5.93. The van der Waals surface area contributed by atoms with Gasteiger partial charge < -0.3 is 26.6 Å². The predicted molar refractivity (Wildman–Crippen MR) is 52.1 cm³/mol. The number of ether oxygens (including phenoxy) is 1. The normalized spacial score (nSPS) is 7.17. The van der Waals surface area contributed by atoms with Crippen LogP contribution in [0.1, 0.15) is 0 Å². The number of hydrogen-bond donors (Lipinski definition) is 1. The molecule has 0 aliphatic carbocycles. The first-order valence-electron chi connectivity index (χ1n) is 4.09. The molecule has 18 heavy (non-hydrogen) atoms. The van der Waals surface area contributed by atoms with Crippen LogP contribution in [0.5, 0.6) is 5.75 Å². The van der Waals surface area contributed by atoms with Crippen LogP contribution in [0.4, 0.5) is 0 Å². The van der Waals surface area contributed by atoms with E-state index in [0.717, 1.165) is 17.0 Å². The molecule has 0 fully saturated rings. The van der Waals surface area contributed by atoms with Crippen LogP contribution in [0, 0.1) is 0 Å². The second-order valence-electron chi connectivity index (χ2n) is 2.74. The molecule has 7 nitrogen and oxygen atoms in total. The largest absolute Gasteiger partial charge is 2.00 e. The van der Waals surface area contributed by atoms with Gasteiger partial charge in [-0.3, -0.25) is 0 Å². The second kappa shape index (κ2) is 12.2. The molecule has 0 atom stereocenters. The summed E-state index contributed by atoms with van der Waals surface area (Å²) in [6.45, 7) is 0. The zero-order valence-electron chi connectivity index (χ0n) is 9.38. The number of rotatable bonds is 2. The summed E-state index contributed by atoms with van der Waals surface area (Å²) >= 11 is 0. The first-order valence-corrected chi connectivity index (χ1v) is 4.09. The van der Waals surface area contributed by atoms with E-state index >= 15 is 0 Å². The summed E-state index contributed by atoms with van der Waals surface area (Å²) in [4.78, 5) is 0. The Morgan fingerprint density at radius 3 is 1.89 bits per heavy atom. The summed E-state index contributed by atoms with van der Waals surface area (Å²) in [7, 11) is 1.66. The van der Waals surface area contributed by atoms with E-state index < -0.39 is 0 Å². The molecule has 1 heterocycles. The van der Waals surface area contributed by atoms with Gasteiger partial charge in [-0.05, 0) is 24.3 Å². The first-order chi connectivity index (χ1) is 6.40. The number of hydrogen-bond acceptors (Lipinski definition) is 1. The molecular formula is C10H11N2O5Re-7. The summed E-state index contributed by atoms with van der Waals surface area (Å²) in [5.74, 6) is 0.874. The van der Waals surface area contributed by atoms with Crippen LogP contribution < -0.4 is 9.84 Å². The zero-order chi connectivity index (χ0) is 9.10. The van der Waals surface area contributed by atoms with Gasteiger partial charge >= 0.3 is 0 Å². The van der Waals surface area contributed by atoms with Crippen molar-refractivity contribution < 1.29 is 52.2 Å². The van der Waals surface area contributed by atoms with Gasteiger partial charge in [0.25, 0.3) is 0 Å². The van der Waals surface area contributed by atoms with E-state index in [9.17, 15) is 0 Å². The van der Waals surface area contributed by atoms with E-state index in [1.807, 2.05) is 36.5 Å². The van der Waals surface area contributed by atoms with Gasteiger partial charge in [-0.2, -0.15) is 5.10 Å². The van der Waals surface area contributed by atoms with Gasteiger partial charge in [0.15, 0.2) is 6.20 Å². The Kier molecular flexibility index (Phi) is 17.3. The molecule has 2 aromatic rings. The molecule has 1 aromatic heterocycles. The second-order valence-corrected chi connectivity index (χ2v) is 2.74. The molecule has 0 spiro atoms. The van der Waals surface area contributed by atoms with E-state index in [0.29, 0.717) is 0 Å². The molecule has 105 valence electrons. The fourth-order valence-corrected chi connectivity index (χ4v) is 1.23. The molecule has 0 saturated carbocycles. The van der Waals surface area contributed by atoms with Gasteiger partial charge in [0.1, 0.15) is 11.4 Å². The average Bonchev–Trinajstić information content (AvgIpc) is 2.71. The summed E-state index contributed by atoms with van der Waals surface area (Å²) in [5.41, 5.74) is 2.21. The van der Waals surface area contributed by atoms with Crippen molar-refractivity contribution >= 4 is 0 Å². The Hall–Kier alpha value is -1.27. The van der Waals surface area contributed by atoms with Crippen LogP contribution in [0.2, 0.25) is 0 Å². The van der Waals surface area contributed by atoms with E-state index in [1.54, 1.807) is 7.11 Å². The van der Waals surface area contributed by atoms with Crippen molar-refractivity contribution in [3.63, 3.8) is 0 Å². The maximum Gasteiger partial charge on any atom is 0.193 e. The smallest absolute Gasteiger partial charge is 0.193 e. The SMILES string of the molecule is COc1ccc(-c2cc[nH+][nH]2)cc1.[O-2].[O-2].[O-2].[O-2].[Re]. The molecular weight excluding hydrogens is 414 g/mol. The quantitative estimate of drug-likeness (QED) is 0.750. The Morgan fingerprint density at radius 2 is 1.50 bits per heavy atom. The average molecular weight is 425 g/mol. The Bertz CT molecular complexity index is 380. The number of aromatic nitrogens is 2. The maximum atomic E-state index is 5.07.